The van der Waals surface area contributed by atoms with Crippen LogP contribution in [0.25, 0.3) is 0 Å². The van der Waals surface area contributed by atoms with E-state index in [9.17, 15) is 9.18 Å². The van der Waals surface area contributed by atoms with E-state index < -0.39 is 0 Å². The summed E-state index contributed by atoms with van der Waals surface area (Å²) in [6, 6.07) is 14.6. The van der Waals surface area contributed by atoms with E-state index in [1.54, 1.807) is 13.0 Å². The predicted octanol–water partition coefficient (Wildman–Crippen LogP) is 4.51. The summed E-state index contributed by atoms with van der Waals surface area (Å²) >= 11 is 0. The second kappa shape index (κ2) is 5.24. The standard InChI is InChI=1S/C19H20FNO/c1-12-11-14(20)9-10-15(12)21-18(22)17-16(19(17,2)3)13-7-5-4-6-8-13/h4-11,16-17H,1-3H3,(H,21,22). The summed E-state index contributed by atoms with van der Waals surface area (Å²) in [5.41, 5.74) is 2.56. The Morgan fingerprint density at radius 3 is 2.45 bits per heavy atom. The highest BCUT2D eigenvalue weighted by Gasteiger charge is 2.62. The van der Waals surface area contributed by atoms with Crippen LogP contribution in [0.2, 0.25) is 0 Å². The second-order valence-corrected chi connectivity index (χ2v) is 6.64. The molecule has 2 atom stereocenters. The molecule has 114 valence electrons. The van der Waals surface area contributed by atoms with Gasteiger partial charge in [-0.25, -0.2) is 4.39 Å². The Balaban J connectivity index is 1.78. The van der Waals surface area contributed by atoms with Gasteiger partial charge in [-0.05, 0) is 41.7 Å². The third kappa shape index (κ3) is 2.52. The fourth-order valence-electron chi connectivity index (χ4n) is 3.39. The van der Waals surface area contributed by atoms with Crippen molar-refractivity contribution in [3.8, 4) is 0 Å². The summed E-state index contributed by atoms with van der Waals surface area (Å²) in [5.74, 6) is -0.105. The number of rotatable bonds is 3. The number of hydrogen-bond donors (Lipinski definition) is 1. The largest absolute Gasteiger partial charge is 0.326 e. The van der Waals surface area contributed by atoms with E-state index in [0.29, 0.717) is 5.69 Å². The van der Waals surface area contributed by atoms with E-state index in [0.717, 1.165) is 5.56 Å². The van der Waals surface area contributed by atoms with E-state index in [2.05, 4.69) is 31.3 Å². The first-order valence-electron chi connectivity index (χ1n) is 7.53. The maximum absolute atomic E-state index is 13.1. The fraction of sp³-hybridized carbons (Fsp3) is 0.316. The van der Waals surface area contributed by atoms with E-state index >= 15 is 0 Å². The van der Waals surface area contributed by atoms with Crippen molar-refractivity contribution in [3.05, 3.63) is 65.5 Å². The molecule has 1 aliphatic carbocycles. The first-order chi connectivity index (χ1) is 10.4. The lowest BCUT2D eigenvalue weighted by Crippen LogP contribution is -2.17. The summed E-state index contributed by atoms with van der Waals surface area (Å²) in [7, 11) is 0. The molecule has 2 unspecified atom stereocenters. The minimum absolute atomic E-state index is 0.00793. The SMILES string of the molecule is Cc1cc(F)ccc1NC(=O)C1C(c2ccccc2)C1(C)C. The number of carbonyl (C=O) groups excluding carboxylic acids is 1. The van der Waals surface area contributed by atoms with Crippen LogP contribution in [0, 0.1) is 24.1 Å². The van der Waals surface area contributed by atoms with Crippen molar-refractivity contribution in [2.45, 2.75) is 26.7 Å². The zero-order valence-corrected chi connectivity index (χ0v) is 13.1. The van der Waals surface area contributed by atoms with Gasteiger partial charge in [0.2, 0.25) is 5.91 Å². The van der Waals surface area contributed by atoms with Crippen LogP contribution in [0.3, 0.4) is 0 Å². The average Bonchev–Trinajstić information content (AvgIpc) is 3.05. The van der Waals surface area contributed by atoms with Crippen LogP contribution >= 0.6 is 0 Å². The second-order valence-electron chi connectivity index (χ2n) is 6.64. The van der Waals surface area contributed by atoms with Gasteiger partial charge >= 0.3 is 0 Å². The quantitative estimate of drug-likeness (QED) is 0.887. The highest BCUT2D eigenvalue weighted by molar-refractivity contribution is 5.96. The van der Waals surface area contributed by atoms with Crippen LogP contribution in [-0.2, 0) is 4.79 Å². The van der Waals surface area contributed by atoms with Gasteiger partial charge in [0, 0.05) is 11.6 Å². The minimum Gasteiger partial charge on any atom is -0.326 e. The molecule has 0 heterocycles. The van der Waals surface area contributed by atoms with Gasteiger partial charge in [0.15, 0.2) is 0 Å². The maximum atomic E-state index is 13.1. The van der Waals surface area contributed by atoms with Crippen molar-refractivity contribution < 1.29 is 9.18 Å². The lowest BCUT2D eigenvalue weighted by Gasteiger charge is -2.09. The van der Waals surface area contributed by atoms with Crippen LogP contribution in [0.1, 0.15) is 30.9 Å². The number of aryl methyl sites for hydroxylation is 1. The number of nitrogens with one attached hydrogen (secondary N) is 1. The van der Waals surface area contributed by atoms with Crippen molar-refractivity contribution >= 4 is 11.6 Å². The fourth-order valence-corrected chi connectivity index (χ4v) is 3.39. The van der Waals surface area contributed by atoms with Crippen molar-refractivity contribution in [1.82, 2.24) is 0 Å². The zero-order valence-electron chi connectivity index (χ0n) is 13.1. The summed E-state index contributed by atoms with van der Waals surface area (Å²) in [6.45, 7) is 6.03. The summed E-state index contributed by atoms with van der Waals surface area (Å²) in [6.07, 6.45) is 0. The molecule has 0 saturated heterocycles. The van der Waals surface area contributed by atoms with Gasteiger partial charge < -0.3 is 5.32 Å². The van der Waals surface area contributed by atoms with Gasteiger partial charge in [-0.1, -0.05) is 44.2 Å². The third-order valence-electron chi connectivity index (χ3n) is 4.71. The van der Waals surface area contributed by atoms with E-state index in [-0.39, 0.29) is 29.0 Å². The number of amides is 1. The molecule has 22 heavy (non-hydrogen) atoms. The number of benzene rings is 2. The Bertz CT molecular complexity index is 709. The van der Waals surface area contributed by atoms with Crippen LogP contribution in [0.4, 0.5) is 10.1 Å². The van der Waals surface area contributed by atoms with Gasteiger partial charge in [0.25, 0.3) is 0 Å². The molecule has 1 saturated carbocycles. The molecule has 3 heteroatoms. The molecule has 0 bridgehead atoms. The normalized spacial score (nSPS) is 22.2. The predicted molar refractivity (Wildman–Crippen MR) is 86.2 cm³/mol. The molecule has 0 spiro atoms. The molecule has 1 amide bonds. The lowest BCUT2D eigenvalue weighted by atomic mass is 10.0. The van der Waals surface area contributed by atoms with Gasteiger partial charge in [-0.3, -0.25) is 4.79 Å². The Labute approximate surface area is 130 Å². The van der Waals surface area contributed by atoms with E-state index in [4.69, 9.17) is 0 Å². The van der Waals surface area contributed by atoms with E-state index in [1.807, 2.05) is 18.2 Å². The number of halogens is 1. The van der Waals surface area contributed by atoms with Gasteiger partial charge in [0.1, 0.15) is 5.82 Å². The maximum Gasteiger partial charge on any atom is 0.228 e. The molecule has 3 rings (SSSR count). The minimum atomic E-state index is -0.288. The van der Waals surface area contributed by atoms with Crippen LogP contribution < -0.4 is 5.32 Å². The molecule has 0 aliphatic heterocycles. The molecule has 1 fully saturated rings. The van der Waals surface area contributed by atoms with E-state index in [1.165, 1.54) is 17.7 Å². The smallest absolute Gasteiger partial charge is 0.228 e. The molecule has 2 aromatic carbocycles. The number of hydrogen-bond acceptors (Lipinski definition) is 1. The molecule has 1 aliphatic rings. The number of carbonyl (C=O) groups is 1. The molecular formula is C19H20FNO. The zero-order chi connectivity index (χ0) is 15.9. The Morgan fingerprint density at radius 2 is 1.82 bits per heavy atom. The number of anilines is 1. The average molecular weight is 297 g/mol. The van der Waals surface area contributed by atoms with Crippen LogP contribution in [0.5, 0.6) is 0 Å². The highest BCUT2D eigenvalue weighted by Crippen LogP contribution is 2.64. The topological polar surface area (TPSA) is 29.1 Å². The monoisotopic (exact) mass is 297 g/mol. The third-order valence-corrected chi connectivity index (χ3v) is 4.71. The summed E-state index contributed by atoms with van der Waals surface area (Å²) in [4.78, 5) is 12.6. The van der Waals surface area contributed by atoms with Crippen molar-refractivity contribution in [2.75, 3.05) is 5.32 Å². The summed E-state index contributed by atoms with van der Waals surface area (Å²) < 4.78 is 13.1. The molecule has 0 aromatic heterocycles. The Hall–Kier alpha value is -2.16. The Morgan fingerprint density at radius 1 is 1.14 bits per heavy atom. The first-order valence-corrected chi connectivity index (χ1v) is 7.53. The molecule has 2 aromatic rings. The van der Waals surface area contributed by atoms with Crippen LogP contribution in [-0.4, -0.2) is 5.91 Å². The van der Waals surface area contributed by atoms with Crippen LogP contribution in [0.15, 0.2) is 48.5 Å². The van der Waals surface area contributed by atoms with Gasteiger partial charge in [-0.15, -0.1) is 0 Å². The van der Waals surface area contributed by atoms with Gasteiger partial charge in [0.05, 0.1) is 5.92 Å². The highest BCUT2D eigenvalue weighted by atomic mass is 19.1. The van der Waals surface area contributed by atoms with Crippen molar-refractivity contribution in [2.24, 2.45) is 11.3 Å². The Kier molecular flexibility index (Phi) is 3.51. The first kappa shape index (κ1) is 14.8. The van der Waals surface area contributed by atoms with Crippen molar-refractivity contribution in [1.29, 1.82) is 0 Å². The summed E-state index contributed by atoms with van der Waals surface area (Å²) in [5, 5.41) is 2.95. The molecular weight excluding hydrogens is 277 g/mol. The molecule has 2 nitrogen and oxygen atoms in total. The van der Waals surface area contributed by atoms with Gasteiger partial charge in [-0.2, -0.15) is 0 Å². The lowest BCUT2D eigenvalue weighted by molar-refractivity contribution is -0.118. The van der Waals surface area contributed by atoms with Crippen molar-refractivity contribution in [3.63, 3.8) is 0 Å². The molecule has 1 N–H and O–H groups in total. The molecule has 0 radical (unpaired) electrons.